The van der Waals surface area contributed by atoms with E-state index in [4.69, 9.17) is 9.26 Å². The van der Waals surface area contributed by atoms with E-state index in [1.807, 2.05) is 0 Å². The number of esters is 1. The van der Waals surface area contributed by atoms with Gasteiger partial charge in [-0.1, -0.05) is 65.7 Å². The molecule has 4 heteroatoms. The fourth-order valence-electron chi connectivity index (χ4n) is 2.19. The molecule has 0 rings (SSSR count). The Morgan fingerprint density at radius 2 is 1.70 bits per heavy atom. The number of carbonyl (C=O) groups excluding carboxylic acids is 1. The average molecular weight is 304 g/mol. The molecular formula is C16H33O3P. The third-order valence-electron chi connectivity index (χ3n) is 3.75. The first-order chi connectivity index (χ1) is 9.69. The molecule has 0 spiro atoms. The van der Waals surface area contributed by atoms with Crippen molar-refractivity contribution in [2.24, 2.45) is 5.92 Å². The summed E-state index contributed by atoms with van der Waals surface area (Å²) in [6.07, 6.45) is 9.54. The summed E-state index contributed by atoms with van der Waals surface area (Å²) in [5, 5.41) is 0. The van der Waals surface area contributed by atoms with Gasteiger partial charge in [0.2, 0.25) is 0 Å². The molecule has 0 aromatic rings. The standard InChI is InChI=1S/C16H33O3P/c1-4-7-9-10-12-15(19-20)16(17)18-13-14(6-3)11-8-5-2/h14-15H,4-13,20H2,1-3H3. The van der Waals surface area contributed by atoms with Crippen LogP contribution in [0.2, 0.25) is 0 Å². The highest BCUT2D eigenvalue weighted by Crippen LogP contribution is 2.16. The quantitative estimate of drug-likeness (QED) is 0.276. The van der Waals surface area contributed by atoms with Gasteiger partial charge in [-0.15, -0.1) is 0 Å². The third-order valence-corrected chi connectivity index (χ3v) is 4.08. The summed E-state index contributed by atoms with van der Waals surface area (Å²) in [7, 11) is 2.20. The SMILES string of the molecule is CCCCCCC(OP)C(=O)OCC(CC)CCCC. The highest BCUT2D eigenvalue weighted by molar-refractivity contribution is 7.09. The van der Waals surface area contributed by atoms with Crippen LogP contribution in [0, 0.1) is 5.92 Å². The van der Waals surface area contributed by atoms with Crippen LogP contribution in [0.15, 0.2) is 0 Å². The van der Waals surface area contributed by atoms with Gasteiger partial charge in [0.05, 0.1) is 6.61 Å². The van der Waals surface area contributed by atoms with Crippen LogP contribution in [0.25, 0.3) is 0 Å². The molecule has 0 saturated heterocycles. The third kappa shape index (κ3) is 9.72. The summed E-state index contributed by atoms with van der Waals surface area (Å²) in [6, 6.07) is 0. The number of hydrogen-bond acceptors (Lipinski definition) is 3. The topological polar surface area (TPSA) is 35.5 Å². The van der Waals surface area contributed by atoms with E-state index in [0.717, 1.165) is 32.1 Å². The maximum absolute atomic E-state index is 12.0. The van der Waals surface area contributed by atoms with Crippen molar-refractivity contribution in [2.45, 2.75) is 84.7 Å². The van der Waals surface area contributed by atoms with Crippen molar-refractivity contribution in [2.75, 3.05) is 6.61 Å². The molecule has 3 unspecified atom stereocenters. The van der Waals surface area contributed by atoms with Crippen LogP contribution < -0.4 is 0 Å². The Morgan fingerprint density at radius 3 is 2.25 bits per heavy atom. The van der Waals surface area contributed by atoms with Gasteiger partial charge < -0.3 is 9.26 Å². The first-order valence-corrected chi connectivity index (χ1v) is 8.68. The maximum Gasteiger partial charge on any atom is 0.335 e. The van der Waals surface area contributed by atoms with Crippen LogP contribution in [0.3, 0.4) is 0 Å². The Labute approximate surface area is 127 Å². The molecule has 0 radical (unpaired) electrons. The zero-order valence-corrected chi connectivity index (χ0v) is 14.7. The predicted molar refractivity (Wildman–Crippen MR) is 87.6 cm³/mol. The van der Waals surface area contributed by atoms with Crippen molar-refractivity contribution < 1.29 is 14.1 Å². The minimum atomic E-state index is -0.416. The zero-order chi connectivity index (χ0) is 15.2. The van der Waals surface area contributed by atoms with Gasteiger partial charge in [0.1, 0.15) is 0 Å². The Bertz CT molecular complexity index is 234. The first-order valence-electron chi connectivity index (χ1n) is 8.21. The lowest BCUT2D eigenvalue weighted by Crippen LogP contribution is -2.26. The van der Waals surface area contributed by atoms with Crippen LogP contribution >= 0.6 is 9.47 Å². The van der Waals surface area contributed by atoms with Gasteiger partial charge in [0.25, 0.3) is 0 Å². The van der Waals surface area contributed by atoms with E-state index in [9.17, 15) is 4.79 Å². The normalized spacial score (nSPS) is 14.0. The predicted octanol–water partition coefficient (Wildman–Crippen LogP) is 4.89. The second kappa shape index (κ2) is 13.8. The lowest BCUT2D eigenvalue weighted by atomic mass is 10.0. The Kier molecular flexibility index (Phi) is 13.7. The summed E-state index contributed by atoms with van der Waals surface area (Å²) in [6.45, 7) is 7.06. The van der Waals surface area contributed by atoms with Crippen molar-refractivity contribution in [1.29, 1.82) is 0 Å². The van der Waals surface area contributed by atoms with Gasteiger partial charge >= 0.3 is 5.97 Å². The van der Waals surface area contributed by atoms with E-state index in [1.165, 1.54) is 25.7 Å². The smallest absolute Gasteiger partial charge is 0.335 e. The van der Waals surface area contributed by atoms with Crippen LogP contribution in [0.5, 0.6) is 0 Å². The van der Waals surface area contributed by atoms with E-state index < -0.39 is 6.10 Å². The second-order valence-electron chi connectivity index (χ2n) is 5.52. The number of hydrogen-bond donors (Lipinski definition) is 0. The van der Waals surface area contributed by atoms with E-state index >= 15 is 0 Å². The van der Waals surface area contributed by atoms with Gasteiger partial charge in [-0.05, 0) is 18.8 Å². The summed E-state index contributed by atoms with van der Waals surface area (Å²) >= 11 is 0. The Hall–Kier alpha value is -0.140. The minimum Gasteiger partial charge on any atom is -0.463 e. The molecule has 20 heavy (non-hydrogen) atoms. The summed E-state index contributed by atoms with van der Waals surface area (Å²) in [5.74, 6) is 0.288. The molecule has 0 heterocycles. The fraction of sp³-hybridized carbons (Fsp3) is 0.938. The molecule has 0 aliphatic heterocycles. The van der Waals surface area contributed by atoms with Crippen LogP contribution in [-0.2, 0) is 14.1 Å². The molecule has 120 valence electrons. The van der Waals surface area contributed by atoms with Gasteiger partial charge in [0.15, 0.2) is 6.10 Å². The van der Waals surface area contributed by atoms with Gasteiger partial charge in [-0.2, -0.15) is 0 Å². The van der Waals surface area contributed by atoms with Crippen molar-refractivity contribution in [3.05, 3.63) is 0 Å². The molecule has 0 aromatic carbocycles. The van der Waals surface area contributed by atoms with Crippen LogP contribution in [0.4, 0.5) is 0 Å². The molecule has 0 aliphatic rings. The largest absolute Gasteiger partial charge is 0.463 e. The van der Waals surface area contributed by atoms with E-state index in [0.29, 0.717) is 12.5 Å². The molecule has 0 amide bonds. The Morgan fingerprint density at radius 1 is 1.00 bits per heavy atom. The average Bonchev–Trinajstić information content (AvgIpc) is 2.47. The molecule has 0 N–H and O–H groups in total. The number of rotatable bonds is 13. The van der Waals surface area contributed by atoms with Crippen molar-refractivity contribution in [3.8, 4) is 0 Å². The molecular weight excluding hydrogens is 271 g/mol. The number of carbonyl (C=O) groups is 1. The molecule has 0 aliphatic carbocycles. The van der Waals surface area contributed by atoms with Gasteiger partial charge in [-0.25, -0.2) is 4.79 Å². The van der Waals surface area contributed by atoms with E-state index in [1.54, 1.807) is 0 Å². The molecule has 0 aromatic heterocycles. The maximum atomic E-state index is 12.0. The summed E-state index contributed by atoms with van der Waals surface area (Å²) in [4.78, 5) is 12.0. The highest BCUT2D eigenvalue weighted by atomic mass is 31.0. The van der Waals surface area contributed by atoms with Crippen molar-refractivity contribution in [3.63, 3.8) is 0 Å². The summed E-state index contributed by atoms with van der Waals surface area (Å²) < 4.78 is 10.6. The molecule has 3 nitrogen and oxygen atoms in total. The van der Waals surface area contributed by atoms with Crippen LogP contribution in [-0.4, -0.2) is 18.7 Å². The number of ether oxygens (including phenoxy) is 1. The van der Waals surface area contributed by atoms with Gasteiger partial charge in [-0.3, -0.25) is 0 Å². The fourth-order valence-corrected chi connectivity index (χ4v) is 2.44. The lowest BCUT2D eigenvalue weighted by molar-refractivity contribution is -0.153. The van der Waals surface area contributed by atoms with Gasteiger partial charge in [0, 0.05) is 9.47 Å². The minimum absolute atomic E-state index is 0.202. The van der Waals surface area contributed by atoms with Crippen molar-refractivity contribution >= 4 is 15.4 Å². The highest BCUT2D eigenvalue weighted by Gasteiger charge is 2.20. The molecule has 3 atom stereocenters. The molecule has 0 fully saturated rings. The van der Waals surface area contributed by atoms with E-state index in [2.05, 4.69) is 30.2 Å². The van der Waals surface area contributed by atoms with Crippen LogP contribution in [0.1, 0.15) is 78.6 Å². The lowest BCUT2D eigenvalue weighted by Gasteiger charge is -2.18. The van der Waals surface area contributed by atoms with E-state index in [-0.39, 0.29) is 5.97 Å². The summed E-state index contributed by atoms with van der Waals surface area (Å²) in [5.41, 5.74) is 0. The molecule has 0 bridgehead atoms. The monoisotopic (exact) mass is 304 g/mol. The zero-order valence-electron chi connectivity index (χ0n) is 13.5. The number of unbranched alkanes of at least 4 members (excludes halogenated alkanes) is 4. The molecule has 0 saturated carbocycles. The second-order valence-corrected chi connectivity index (χ2v) is 5.79. The Balaban J connectivity index is 3.94. The first kappa shape index (κ1) is 19.9. The van der Waals surface area contributed by atoms with Crippen molar-refractivity contribution in [1.82, 2.24) is 0 Å².